The van der Waals surface area contributed by atoms with Crippen molar-refractivity contribution in [3.8, 4) is 5.69 Å². The van der Waals surface area contributed by atoms with Crippen LogP contribution in [0.2, 0.25) is 5.02 Å². The van der Waals surface area contributed by atoms with Crippen molar-refractivity contribution in [3.05, 3.63) is 75.7 Å². The van der Waals surface area contributed by atoms with Crippen molar-refractivity contribution in [2.24, 2.45) is 0 Å². The molecule has 3 rings (SSSR count). The van der Waals surface area contributed by atoms with Crippen LogP contribution in [0.4, 0.5) is 0 Å². The number of para-hydroxylation sites is 1. The van der Waals surface area contributed by atoms with E-state index in [1.165, 1.54) is 9.36 Å². The fraction of sp³-hybridized carbons (Fsp3) is 0.176. The SMILES string of the molecule is O=C(CCn1nnn(-c2ccccc2)c1=O)NCc1ccccc1Cl. The van der Waals surface area contributed by atoms with Crippen molar-refractivity contribution in [3.63, 3.8) is 0 Å². The summed E-state index contributed by atoms with van der Waals surface area (Å²) in [5.41, 5.74) is 1.08. The van der Waals surface area contributed by atoms with E-state index in [-0.39, 0.29) is 24.6 Å². The third-order valence-electron chi connectivity index (χ3n) is 3.62. The van der Waals surface area contributed by atoms with Gasteiger partial charge in [0.2, 0.25) is 5.91 Å². The lowest BCUT2D eigenvalue weighted by atomic mass is 10.2. The molecular formula is C17H16ClN5O2. The van der Waals surface area contributed by atoms with Crippen LogP contribution in [0.25, 0.3) is 5.69 Å². The maximum absolute atomic E-state index is 12.3. The van der Waals surface area contributed by atoms with Gasteiger partial charge in [-0.2, -0.15) is 9.36 Å². The number of aromatic nitrogens is 4. The third-order valence-corrected chi connectivity index (χ3v) is 3.99. The fourth-order valence-electron chi connectivity index (χ4n) is 2.28. The number of halogens is 1. The smallest absolute Gasteiger partial charge is 0.352 e. The molecule has 0 unspecified atom stereocenters. The van der Waals surface area contributed by atoms with Crippen molar-refractivity contribution < 1.29 is 4.79 Å². The Labute approximate surface area is 148 Å². The maximum atomic E-state index is 12.3. The summed E-state index contributed by atoms with van der Waals surface area (Å²) in [6.07, 6.45) is 0.123. The highest BCUT2D eigenvalue weighted by Gasteiger charge is 2.10. The number of hydrogen-bond donors (Lipinski definition) is 1. The molecule has 0 bridgehead atoms. The van der Waals surface area contributed by atoms with Crippen LogP contribution in [0.15, 0.2) is 59.4 Å². The molecule has 7 nitrogen and oxygen atoms in total. The van der Waals surface area contributed by atoms with Crippen molar-refractivity contribution in [1.29, 1.82) is 0 Å². The second kappa shape index (κ2) is 7.76. The van der Waals surface area contributed by atoms with Gasteiger partial charge < -0.3 is 5.32 Å². The maximum Gasteiger partial charge on any atom is 0.368 e. The number of carbonyl (C=O) groups excluding carboxylic acids is 1. The Hall–Kier alpha value is -2.93. The Morgan fingerprint density at radius 1 is 1.04 bits per heavy atom. The predicted molar refractivity (Wildman–Crippen MR) is 93.5 cm³/mol. The topological polar surface area (TPSA) is 81.8 Å². The highest BCUT2D eigenvalue weighted by atomic mass is 35.5. The number of hydrogen-bond acceptors (Lipinski definition) is 4. The van der Waals surface area contributed by atoms with E-state index < -0.39 is 0 Å². The minimum atomic E-state index is -0.384. The van der Waals surface area contributed by atoms with E-state index in [1.54, 1.807) is 18.2 Å². The average molecular weight is 358 g/mol. The molecule has 3 aromatic rings. The molecule has 0 aliphatic carbocycles. The first-order valence-corrected chi connectivity index (χ1v) is 8.11. The molecule has 0 fully saturated rings. The molecule has 0 aliphatic heterocycles. The van der Waals surface area contributed by atoms with Crippen LogP contribution in [-0.4, -0.2) is 25.7 Å². The Balaban J connectivity index is 1.57. The van der Waals surface area contributed by atoms with Gasteiger partial charge in [-0.05, 0) is 34.2 Å². The molecule has 25 heavy (non-hydrogen) atoms. The van der Waals surface area contributed by atoms with Crippen molar-refractivity contribution in [1.82, 2.24) is 25.1 Å². The van der Waals surface area contributed by atoms with Crippen LogP contribution in [0.1, 0.15) is 12.0 Å². The Bertz CT molecular complexity index is 920. The summed E-state index contributed by atoms with van der Waals surface area (Å²) in [6.45, 7) is 0.490. The van der Waals surface area contributed by atoms with Gasteiger partial charge in [-0.1, -0.05) is 48.0 Å². The van der Waals surface area contributed by atoms with E-state index in [2.05, 4.69) is 15.7 Å². The van der Waals surface area contributed by atoms with Gasteiger partial charge in [0.1, 0.15) is 0 Å². The lowest BCUT2D eigenvalue weighted by Crippen LogP contribution is -2.28. The zero-order valence-corrected chi connectivity index (χ0v) is 14.1. The van der Waals surface area contributed by atoms with E-state index in [0.717, 1.165) is 5.56 Å². The standard InChI is InChI=1S/C17H16ClN5O2/c18-15-9-5-4-6-13(15)12-19-16(24)10-11-22-17(25)23(21-20-22)14-7-2-1-3-8-14/h1-9H,10-12H2,(H,19,24). The van der Waals surface area contributed by atoms with Gasteiger partial charge in [0.25, 0.3) is 0 Å². The summed E-state index contributed by atoms with van der Waals surface area (Å²) in [5.74, 6) is -0.193. The molecule has 0 saturated carbocycles. The molecule has 8 heteroatoms. The Morgan fingerprint density at radius 2 is 1.76 bits per heavy atom. The largest absolute Gasteiger partial charge is 0.368 e. The minimum absolute atomic E-state index is 0.123. The fourth-order valence-corrected chi connectivity index (χ4v) is 2.48. The molecular weight excluding hydrogens is 342 g/mol. The minimum Gasteiger partial charge on any atom is -0.352 e. The lowest BCUT2D eigenvalue weighted by molar-refractivity contribution is -0.121. The second-order valence-corrected chi connectivity index (χ2v) is 5.76. The van der Waals surface area contributed by atoms with Crippen LogP contribution in [-0.2, 0) is 17.9 Å². The van der Waals surface area contributed by atoms with Gasteiger partial charge in [0.05, 0.1) is 12.2 Å². The molecule has 1 aromatic heterocycles. The van der Waals surface area contributed by atoms with Crippen molar-refractivity contribution in [2.45, 2.75) is 19.5 Å². The molecule has 1 N–H and O–H groups in total. The van der Waals surface area contributed by atoms with Crippen LogP contribution < -0.4 is 11.0 Å². The first-order chi connectivity index (χ1) is 12.1. The summed E-state index contributed by atoms with van der Waals surface area (Å²) in [6, 6.07) is 16.3. The number of benzene rings is 2. The van der Waals surface area contributed by atoms with Crippen LogP contribution in [0.3, 0.4) is 0 Å². The molecule has 0 radical (unpaired) electrons. The predicted octanol–water partition coefficient (Wildman–Crippen LogP) is 1.79. The van der Waals surface area contributed by atoms with Gasteiger partial charge in [-0.15, -0.1) is 0 Å². The quantitative estimate of drug-likeness (QED) is 0.729. The van der Waals surface area contributed by atoms with Crippen LogP contribution in [0, 0.1) is 0 Å². The van der Waals surface area contributed by atoms with Crippen molar-refractivity contribution >= 4 is 17.5 Å². The Morgan fingerprint density at radius 3 is 2.52 bits per heavy atom. The van der Waals surface area contributed by atoms with Gasteiger partial charge >= 0.3 is 5.69 Å². The summed E-state index contributed by atoms with van der Waals surface area (Å²) in [4.78, 5) is 24.2. The van der Waals surface area contributed by atoms with E-state index in [4.69, 9.17) is 11.6 Å². The summed E-state index contributed by atoms with van der Waals surface area (Å²) in [7, 11) is 0. The van der Waals surface area contributed by atoms with Gasteiger partial charge in [0, 0.05) is 18.0 Å². The zero-order chi connectivity index (χ0) is 17.6. The third kappa shape index (κ3) is 4.13. The molecule has 1 heterocycles. The number of rotatable bonds is 6. The number of aryl methyl sites for hydroxylation is 1. The summed E-state index contributed by atoms with van der Waals surface area (Å²) >= 11 is 6.04. The molecule has 0 saturated heterocycles. The van der Waals surface area contributed by atoms with Crippen LogP contribution >= 0.6 is 11.6 Å². The number of nitrogens with one attached hydrogen (secondary N) is 1. The highest BCUT2D eigenvalue weighted by molar-refractivity contribution is 6.31. The first-order valence-electron chi connectivity index (χ1n) is 7.73. The van der Waals surface area contributed by atoms with Gasteiger partial charge in [0.15, 0.2) is 0 Å². The average Bonchev–Trinajstić information content (AvgIpc) is 3.00. The number of carbonyl (C=O) groups is 1. The summed E-state index contributed by atoms with van der Waals surface area (Å²) in [5, 5.41) is 11.0. The first kappa shape index (κ1) is 16.9. The molecule has 0 atom stereocenters. The lowest BCUT2D eigenvalue weighted by Gasteiger charge is -2.06. The van der Waals surface area contributed by atoms with Crippen LogP contribution in [0.5, 0.6) is 0 Å². The Kier molecular flexibility index (Phi) is 5.25. The zero-order valence-electron chi connectivity index (χ0n) is 13.3. The van der Waals surface area contributed by atoms with E-state index >= 15 is 0 Å². The van der Waals surface area contributed by atoms with Gasteiger partial charge in [-0.25, -0.2) is 4.79 Å². The van der Waals surface area contributed by atoms with Crippen molar-refractivity contribution in [2.75, 3.05) is 0 Å². The van der Waals surface area contributed by atoms with Gasteiger partial charge in [-0.3, -0.25) is 4.79 Å². The number of nitrogens with zero attached hydrogens (tertiary/aromatic N) is 4. The van der Waals surface area contributed by atoms with E-state index in [9.17, 15) is 9.59 Å². The summed E-state index contributed by atoms with van der Waals surface area (Å²) < 4.78 is 2.36. The molecule has 0 spiro atoms. The molecule has 0 aliphatic rings. The molecule has 128 valence electrons. The number of tetrazole rings is 1. The van der Waals surface area contributed by atoms with E-state index in [0.29, 0.717) is 17.3 Å². The highest BCUT2D eigenvalue weighted by Crippen LogP contribution is 2.14. The normalized spacial score (nSPS) is 10.6. The second-order valence-electron chi connectivity index (χ2n) is 5.35. The number of amides is 1. The molecule has 2 aromatic carbocycles. The molecule has 1 amide bonds. The monoisotopic (exact) mass is 357 g/mol. The van der Waals surface area contributed by atoms with E-state index in [1.807, 2.05) is 36.4 Å².